The van der Waals surface area contributed by atoms with Gasteiger partial charge in [0.1, 0.15) is 12.5 Å². The van der Waals surface area contributed by atoms with E-state index in [1.165, 1.54) is 4.90 Å². The minimum atomic E-state index is -4.26. The van der Waals surface area contributed by atoms with E-state index in [1.54, 1.807) is 22.4 Å². The molecule has 2 N–H and O–H groups in total. The number of piperidine rings is 2. The summed E-state index contributed by atoms with van der Waals surface area (Å²) in [5.74, 6) is 0.114. The van der Waals surface area contributed by atoms with E-state index in [0.29, 0.717) is 31.0 Å². The molecule has 4 atom stereocenters. The van der Waals surface area contributed by atoms with E-state index < -0.39 is 30.6 Å². The van der Waals surface area contributed by atoms with Crippen molar-refractivity contribution < 1.29 is 23.4 Å². The molecule has 232 valence electrons. The number of aliphatic hydroxyl groups excluding tert-OH is 2. The van der Waals surface area contributed by atoms with E-state index in [2.05, 4.69) is 24.9 Å². The van der Waals surface area contributed by atoms with Crippen molar-refractivity contribution in [3.05, 3.63) is 52.6 Å². The predicted molar refractivity (Wildman–Crippen MR) is 164 cm³/mol. The lowest BCUT2D eigenvalue weighted by Crippen LogP contribution is -2.45. The highest BCUT2D eigenvalue weighted by Crippen LogP contribution is 2.66. The molecular weight excluding hydrogens is 611 g/mol. The van der Waals surface area contributed by atoms with Crippen molar-refractivity contribution in [2.24, 2.45) is 22.7 Å². The van der Waals surface area contributed by atoms with Gasteiger partial charge in [-0.05, 0) is 48.6 Å². The Balaban J connectivity index is 1.21. The fraction of sp³-hybridized carbons (Fsp3) is 0.500. The number of fused-ring (bicyclic) bond motifs is 3. The van der Waals surface area contributed by atoms with Gasteiger partial charge in [-0.15, -0.1) is 11.3 Å². The number of nitriles is 1. The predicted octanol–water partition coefficient (Wildman–Crippen LogP) is 6.46. The van der Waals surface area contributed by atoms with E-state index >= 15 is 0 Å². The number of nitrogens with zero attached hydrogens (tertiary/aromatic N) is 5. The lowest BCUT2D eigenvalue weighted by molar-refractivity contribution is -0.149. The summed E-state index contributed by atoms with van der Waals surface area (Å²) in [6.45, 7) is 4.40. The molecule has 0 bridgehead atoms. The Morgan fingerprint density at radius 1 is 1.09 bits per heavy atom. The van der Waals surface area contributed by atoms with Gasteiger partial charge in [0.2, 0.25) is 0 Å². The third-order valence-corrected chi connectivity index (χ3v) is 11.5. The average molecular weight is 644 g/mol. The molecule has 1 aliphatic carbocycles. The van der Waals surface area contributed by atoms with E-state index in [9.17, 15) is 28.6 Å². The number of benzene rings is 1. The number of halogens is 4. The van der Waals surface area contributed by atoms with E-state index in [0.717, 1.165) is 37.1 Å². The van der Waals surface area contributed by atoms with Crippen molar-refractivity contribution in [3.8, 4) is 17.2 Å². The van der Waals surface area contributed by atoms with Gasteiger partial charge in [0.05, 0.1) is 33.8 Å². The van der Waals surface area contributed by atoms with Crippen LogP contribution in [0, 0.1) is 34.0 Å². The average Bonchev–Trinajstić information content (AvgIpc) is 3.30. The molecule has 0 amide bonds. The maximum Gasteiger partial charge on any atom is 0.401 e. The molecule has 1 saturated carbocycles. The van der Waals surface area contributed by atoms with Crippen LogP contribution < -0.4 is 0 Å². The van der Waals surface area contributed by atoms with Crippen molar-refractivity contribution in [2.75, 3.05) is 19.6 Å². The topological polar surface area (TPSA) is 88.5 Å². The first-order chi connectivity index (χ1) is 20.8. The summed E-state index contributed by atoms with van der Waals surface area (Å²) in [7, 11) is 0. The summed E-state index contributed by atoms with van der Waals surface area (Å²) in [5, 5.41) is 33.6. The van der Waals surface area contributed by atoms with Crippen molar-refractivity contribution in [2.45, 2.75) is 58.4 Å². The first-order valence-corrected chi connectivity index (χ1v) is 16.0. The van der Waals surface area contributed by atoms with Crippen molar-refractivity contribution in [1.29, 1.82) is 5.26 Å². The van der Waals surface area contributed by atoms with Crippen LogP contribution in [0.5, 0.6) is 0 Å². The Hall–Kier alpha value is -2.72. The van der Waals surface area contributed by atoms with E-state index in [1.807, 2.05) is 41.1 Å². The summed E-state index contributed by atoms with van der Waals surface area (Å²) >= 11 is 8.17. The molecule has 3 fully saturated rings. The first-order valence-electron chi connectivity index (χ1n) is 14.8. The summed E-state index contributed by atoms with van der Waals surface area (Å²) in [4.78, 5) is 8.72. The molecule has 3 aliphatic rings. The highest BCUT2D eigenvalue weighted by Gasteiger charge is 2.71. The molecule has 7 nitrogen and oxygen atoms in total. The third-order valence-electron chi connectivity index (χ3n) is 10.2. The zero-order chi connectivity index (χ0) is 31.2. The number of rotatable bonds is 6. The molecular formula is C32H33ClF3N5O2S. The molecule has 44 heavy (non-hydrogen) atoms. The zero-order valence-corrected chi connectivity index (χ0v) is 25.9. The molecule has 3 aromatic heterocycles. The van der Waals surface area contributed by atoms with Crippen LogP contribution in [0.25, 0.3) is 32.2 Å². The Labute approximate surface area is 262 Å². The first kappa shape index (κ1) is 30.0. The molecule has 4 unspecified atom stereocenters. The van der Waals surface area contributed by atoms with Gasteiger partial charge in [-0.2, -0.15) is 18.4 Å². The second-order valence-corrected chi connectivity index (χ2v) is 14.8. The van der Waals surface area contributed by atoms with Crippen molar-refractivity contribution >= 4 is 44.1 Å². The van der Waals surface area contributed by atoms with Crippen LogP contribution in [0.3, 0.4) is 0 Å². The maximum atomic E-state index is 13.0. The van der Waals surface area contributed by atoms with Gasteiger partial charge in [-0.3, -0.25) is 9.88 Å². The number of thiophene rings is 1. The van der Waals surface area contributed by atoms with Gasteiger partial charge in [0.25, 0.3) is 0 Å². The molecule has 7 rings (SSSR count). The molecule has 2 aliphatic heterocycles. The molecule has 0 radical (unpaired) electrons. The largest absolute Gasteiger partial charge is 0.401 e. The Kier molecular flexibility index (Phi) is 7.09. The van der Waals surface area contributed by atoms with Crippen LogP contribution in [0.1, 0.15) is 31.6 Å². The molecule has 12 heteroatoms. The van der Waals surface area contributed by atoms with Crippen molar-refractivity contribution in [3.63, 3.8) is 0 Å². The van der Waals surface area contributed by atoms with Crippen LogP contribution in [-0.2, 0) is 13.1 Å². The number of hydrogen-bond acceptors (Lipinski definition) is 7. The third kappa shape index (κ3) is 5.00. The van der Waals surface area contributed by atoms with Gasteiger partial charge in [0.15, 0.2) is 0 Å². The lowest BCUT2D eigenvalue weighted by atomic mass is 9.79. The molecule has 1 aromatic carbocycles. The zero-order valence-electron chi connectivity index (χ0n) is 24.4. The van der Waals surface area contributed by atoms with Gasteiger partial charge in [-0.1, -0.05) is 25.4 Å². The van der Waals surface area contributed by atoms with Crippen LogP contribution in [-0.4, -0.2) is 67.8 Å². The fourth-order valence-electron chi connectivity index (χ4n) is 7.75. The Morgan fingerprint density at radius 3 is 2.45 bits per heavy atom. The minimum absolute atomic E-state index is 0.0571. The standard InChI is InChI=1S/C32H33ClF3N5O2S/c1-30(2)24-25(30)29(43)41(28(24)42)14-20-13-23-27(44-20)21(3-7-38-23)22-12-19(33)11-18-4-8-40(26(18)22)16-31(15-37)5-9-39(10-6-31)17-32(34,35)36/h3-4,7-8,11-13,24-25,28-29,42-43H,5-6,9-10,14,16-17H2,1-2H3. The maximum absolute atomic E-state index is 13.0. The molecule has 2 saturated heterocycles. The highest BCUT2D eigenvalue weighted by molar-refractivity contribution is 7.19. The van der Waals surface area contributed by atoms with Crippen LogP contribution in [0.2, 0.25) is 5.02 Å². The molecule has 0 spiro atoms. The minimum Gasteiger partial charge on any atom is -0.378 e. The van der Waals surface area contributed by atoms with Crippen molar-refractivity contribution in [1.82, 2.24) is 19.4 Å². The summed E-state index contributed by atoms with van der Waals surface area (Å²) in [6, 6.07) is 12.1. The quantitative estimate of drug-likeness (QED) is 0.251. The summed E-state index contributed by atoms with van der Waals surface area (Å²) in [6.07, 6.45) is -1.30. The van der Waals surface area contributed by atoms with Gasteiger partial charge in [0, 0.05) is 76.8 Å². The van der Waals surface area contributed by atoms with Gasteiger partial charge in [-0.25, -0.2) is 4.90 Å². The monoisotopic (exact) mass is 643 g/mol. The van der Waals surface area contributed by atoms with E-state index in [-0.39, 0.29) is 30.3 Å². The Morgan fingerprint density at radius 2 is 1.80 bits per heavy atom. The number of aromatic nitrogens is 2. The number of pyridine rings is 1. The van der Waals surface area contributed by atoms with Crippen LogP contribution >= 0.6 is 22.9 Å². The number of alkyl halides is 3. The van der Waals surface area contributed by atoms with Gasteiger partial charge < -0.3 is 14.8 Å². The highest BCUT2D eigenvalue weighted by atomic mass is 35.5. The second kappa shape index (κ2) is 10.4. The summed E-state index contributed by atoms with van der Waals surface area (Å²) in [5.41, 5.74) is 2.65. The normalized spacial score (nSPS) is 26.7. The van der Waals surface area contributed by atoms with E-state index in [4.69, 9.17) is 11.6 Å². The SMILES string of the molecule is CC1(C)C2C(O)N(Cc3cc4nccc(-c5cc(Cl)cc6ccn(CC7(C#N)CCN(CC(F)(F)F)CC7)c56)c4s3)C(O)C21. The summed E-state index contributed by atoms with van der Waals surface area (Å²) < 4.78 is 41.9. The number of aliphatic hydroxyl groups is 2. The fourth-order valence-corrected chi connectivity index (χ4v) is 9.12. The Bertz CT molecular complexity index is 1770. The number of likely N-dealkylation sites (tertiary alicyclic amines) is 2. The molecule has 5 heterocycles. The van der Waals surface area contributed by atoms with Crippen LogP contribution in [0.4, 0.5) is 13.2 Å². The smallest absolute Gasteiger partial charge is 0.378 e. The van der Waals surface area contributed by atoms with Crippen LogP contribution in [0.15, 0.2) is 42.7 Å². The lowest BCUT2D eigenvalue weighted by Gasteiger charge is -2.38. The molecule has 4 aromatic rings. The van der Waals surface area contributed by atoms with Gasteiger partial charge >= 0.3 is 6.18 Å². The number of hydrogen-bond donors (Lipinski definition) is 2. The second-order valence-electron chi connectivity index (χ2n) is 13.3.